The molecule has 0 bridgehead atoms. The number of anilines is 1. The molecule has 0 saturated heterocycles. The van der Waals surface area contributed by atoms with Gasteiger partial charge in [0.1, 0.15) is 6.07 Å². The lowest BCUT2D eigenvalue weighted by atomic mass is 10.1. The first kappa shape index (κ1) is 12.3. The summed E-state index contributed by atoms with van der Waals surface area (Å²) in [5.74, 6) is 1.01. The van der Waals surface area contributed by atoms with Crippen molar-refractivity contribution in [3.63, 3.8) is 0 Å². The number of nitriles is 1. The number of hydrogen-bond acceptors (Lipinski definition) is 3. The van der Waals surface area contributed by atoms with Gasteiger partial charge >= 0.3 is 0 Å². The summed E-state index contributed by atoms with van der Waals surface area (Å²) < 4.78 is 0. The third-order valence-corrected chi connectivity index (χ3v) is 3.99. The van der Waals surface area contributed by atoms with Crippen molar-refractivity contribution in [2.75, 3.05) is 17.2 Å². The summed E-state index contributed by atoms with van der Waals surface area (Å²) in [5, 5.41) is 9.38. The second-order valence-corrected chi connectivity index (χ2v) is 5.52. The second-order valence-electron chi connectivity index (χ2n) is 4.21. The Morgan fingerprint density at radius 3 is 2.71 bits per heavy atom. The van der Waals surface area contributed by atoms with Crippen LogP contribution in [-0.4, -0.2) is 18.3 Å². The van der Waals surface area contributed by atoms with Gasteiger partial charge in [-0.2, -0.15) is 5.26 Å². The van der Waals surface area contributed by atoms with Gasteiger partial charge in [0.25, 0.3) is 0 Å². The molecular formula is C14H18N2S. The molecule has 90 valence electrons. The lowest BCUT2D eigenvalue weighted by Gasteiger charge is -2.24. The van der Waals surface area contributed by atoms with Crippen LogP contribution in [0.5, 0.6) is 0 Å². The van der Waals surface area contributed by atoms with E-state index in [9.17, 15) is 5.26 Å². The molecule has 0 aliphatic heterocycles. The van der Waals surface area contributed by atoms with Crippen LogP contribution in [-0.2, 0) is 0 Å². The van der Waals surface area contributed by atoms with Gasteiger partial charge in [0.15, 0.2) is 0 Å². The van der Waals surface area contributed by atoms with Crippen LogP contribution in [0.2, 0.25) is 0 Å². The standard InChI is InChI=1S/C14H18N2S/c1-3-16(11-8-9-11)13-6-5-7-14(17-4-2)12(13)10-15/h5-7,11H,3-4,8-9H2,1-2H3. The minimum atomic E-state index is 0.661. The number of rotatable bonds is 5. The highest BCUT2D eigenvalue weighted by atomic mass is 32.2. The molecular weight excluding hydrogens is 228 g/mol. The summed E-state index contributed by atoms with van der Waals surface area (Å²) in [4.78, 5) is 3.49. The summed E-state index contributed by atoms with van der Waals surface area (Å²) in [7, 11) is 0. The molecule has 0 amide bonds. The summed E-state index contributed by atoms with van der Waals surface area (Å²) in [5.41, 5.74) is 1.98. The zero-order valence-corrected chi connectivity index (χ0v) is 11.3. The van der Waals surface area contributed by atoms with E-state index in [1.54, 1.807) is 11.8 Å². The molecule has 0 spiro atoms. The fourth-order valence-electron chi connectivity index (χ4n) is 2.16. The number of hydrogen-bond donors (Lipinski definition) is 0. The van der Waals surface area contributed by atoms with Crippen LogP contribution < -0.4 is 4.90 Å². The van der Waals surface area contributed by atoms with Crippen molar-refractivity contribution in [3.8, 4) is 6.07 Å². The Labute approximate surface area is 108 Å². The van der Waals surface area contributed by atoms with Crippen LogP contribution >= 0.6 is 11.8 Å². The molecule has 17 heavy (non-hydrogen) atoms. The Morgan fingerprint density at radius 2 is 2.18 bits per heavy atom. The van der Waals surface area contributed by atoms with Gasteiger partial charge in [-0.25, -0.2) is 0 Å². The predicted octanol–water partition coefficient (Wildman–Crippen LogP) is 3.66. The summed E-state index contributed by atoms with van der Waals surface area (Å²) in [6.07, 6.45) is 2.54. The van der Waals surface area contributed by atoms with E-state index in [1.807, 2.05) is 0 Å². The Kier molecular flexibility index (Phi) is 3.96. The summed E-state index contributed by atoms with van der Waals surface area (Å²) in [6, 6.07) is 9.25. The van der Waals surface area contributed by atoms with Gasteiger partial charge in [0, 0.05) is 17.5 Å². The number of thioether (sulfide) groups is 1. The van der Waals surface area contributed by atoms with E-state index in [0.29, 0.717) is 6.04 Å². The van der Waals surface area contributed by atoms with E-state index in [2.05, 4.69) is 43.0 Å². The van der Waals surface area contributed by atoms with Crippen molar-refractivity contribution in [3.05, 3.63) is 23.8 Å². The van der Waals surface area contributed by atoms with Crippen molar-refractivity contribution in [1.82, 2.24) is 0 Å². The van der Waals surface area contributed by atoms with E-state index in [4.69, 9.17) is 0 Å². The molecule has 2 rings (SSSR count). The van der Waals surface area contributed by atoms with Gasteiger partial charge in [-0.1, -0.05) is 13.0 Å². The number of benzene rings is 1. The van der Waals surface area contributed by atoms with Crippen molar-refractivity contribution in [1.29, 1.82) is 5.26 Å². The molecule has 3 heteroatoms. The zero-order valence-electron chi connectivity index (χ0n) is 10.4. The van der Waals surface area contributed by atoms with Gasteiger partial charge in [0.05, 0.1) is 11.3 Å². The Bertz CT molecular complexity index is 432. The Balaban J connectivity index is 2.38. The summed E-state index contributed by atoms with van der Waals surface area (Å²) in [6.45, 7) is 5.27. The molecule has 1 aromatic carbocycles. The molecule has 1 saturated carbocycles. The van der Waals surface area contributed by atoms with Gasteiger partial charge in [-0.3, -0.25) is 0 Å². The fraction of sp³-hybridized carbons (Fsp3) is 0.500. The van der Waals surface area contributed by atoms with Gasteiger partial charge in [0.2, 0.25) is 0 Å². The van der Waals surface area contributed by atoms with Crippen molar-refractivity contribution in [2.45, 2.75) is 37.6 Å². The average Bonchev–Trinajstić information content (AvgIpc) is 3.15. The quantitative estimate of drug-likeness (QED) is 0.742. The maximum Gasteiger partial charge on any atom is 0.103 e. The number of nitrogens with zero attached hydrogens (tertiary/aromatic N) is 2. The minimum absolute atomic E-state index is 0.661. The molecule has 0 unspecified atom stereocenters. The average molecular weight is 246 g/mol. The fourth-order valence-corrected chi connectivity index (χ4v) is 2.94. The third-order valence-electron chi connectivity index (χ3n) is 3.05. The lowest BCUT2D eigenvalue weighted by Crippen LogP contribution is -2.25. The van der Waals surface area contributed by atoms with Crippen molar-refractivity contribution in [2.24, 2.45) is 0 Å². The van der Waals surface area contributed by atoms with E-state index >= 15 is 0 Å². The van der Waals surface area contributed by atoms with Crippen LogP contribution in [0, 0.1) is 11.3 Å². The maximum absolute atomic E-state index is 9.38. The molecule has 0 heterocycles. The van der Waals surface area contributed by atoms with Crippen molar-refractivity contribution < 1.29 is 0 Å². The van der Waals surface area contributed by atoms with E-state index in [0.717, 1.165) is 28.4 Å². The van der Waals surface area contributed by atoms with Gasteiger partial charge < -0.3 is 4.90 Å². The van der Waals surface area contributed by atoms with Crippen LogP contribution in [0.15, 0.2) is 23.1 Å². The van der Waals surface area contributed by atoms with Crippen LogP contribution in [0.1, 0.15) is 32.3 Å². The highest BCUT2D eigenvalue weighted by Gasteiger charge is 2.29. The van der Waals surface area contributed by atoms with Gasteiger partial charge in [-0.15, -0.1) is 11.8 Å². The monoisotopic (exact) mass is 246 g/mol. The van der Waals surface area contributed by atoms with Crippen molar-refractivity contribution >= 4 is 17.4 Å². The molecule has 1 aromatic rings. The van der Waals surface area contributed by atoms with Gasteiger partial charge in [-0.05, 0) is 37.7 Å². The molecule has 0 radical (unpaired) electrons. The third kappa shape index (κ3) is 2.58. The first-order valence-electron chi connectivity index (χ1n) is 6.24. The molecule has 0 aromatic heterocycles. The highest BCUT2D eigenvalue weighted by molar-refractivity contribution is 7.99. The first-order valence-corrected chi connectivity index (χ1v) is 7.22. The SMILES string of the molecule is CCSc1cccc(N(CC)C2CC2)c1C#N. The lowest BCUT2D eigenvalue weighted by molar-refractivity contribution is 0.823. The molecule has 0 N–H and O–H groups in total. The largest absolute Gasteiger partial charge is 0.368 e. The van der Waals surface area contributed by atoms with Crippen LogP contribution in [0.4, 0.5) is 5.69 Å². The van der Waals surface area contributed by atoms with E-state index in [1.165, 1.54) is 12.8 Å². The van der Waals surface area contributed by atoms with Crippen LogP contribution in [0.3, 0.4) is 0 Å². The van der Waals surface area contributed by atoms with E-state index in [-0.39, 0.29) is 0 Å². The molecule has 1 aliphatic carbocycles. The molecule has 1 fully saturated rings. The maximum atomic E-state index is 9.38. The van der Waals surface area contributed by atoms with E-state index < -0.39 is 0 Å². The minimum Gasteiger partial charge on any atom is -0.368 e. The Hall–Kier alpha value is -1.14. The highest BCUT2D eigenvalue weighted by Crippen LogP contribution is 2.36. The van der Waals surface area contributed by atoms with Crippen LogP contribution in [0.25, 0.3) is 0 Å². The molecule has 1 aliphatic rings. The normalized spacial score (nSPS) is 14.4. The zero-order chi connectivity index (χ0) is 12.3. The summed E-state index contributed by atoms with van der Waals surface area (Å²) >= 11 is 1.75. The second kappa shape index (κ2) is 5.46. The molecule has 2 nitrogen and oxygen atoms in total. The Morgan fingerprint density at radius 1 is 1.41 bits per heavy atom. The smallest absolute Gasteiger partial charge is 0.103 e. The molecule has 0 atom stereocenters. The predicted molar refractivity (Wildman–Crippen MR) is 73.6 cm³/mol. The topological polar surface area (TPSA) is 27.0 Å². The first-order chi connectivity index (χ1) is 8.31.